The van der Waals surface area contributed by atoms with Gasteiger partial charge in [0.1, 0.15) is 0 Å². The predicted molar refractivity (Wildman–Crippen MR) is 81.9 cm³/mol. The fourth-order valence-electron chi connectivity index (χ4n) is 2.82. The van der Waals surface area contributed by atoms with E-state index in [0.29, 0.717) is 16.7 Å². The van der Waals surface area contributed by atoms with E-state index < -0.39 is 0 Å². The molecule has 0 fully saturated rings. The Morgan fingerprint density at radius 1 is 0.778 bits per heavy atom. The third-order valence-corrected chi connectivity index (χ3v) is 3.08. The summed E-state index contributed by atoms with van der Waals surface area (Å²) in [6.45, 7) is 20.3. The Balaban J connectivity index is 3.62. The van der Waals surface area contributed by atoms with Crippen molar-refractivity contribution in [2.75, 3.05) is 13.2 Å². The van der Waals surface area contributed by atoms with Crippen LogP contribution in [0.3, 0.4) is 0 Å². The lowest BCUT2D eigenvalue weighted by atomic mass is 9.84. The van der Waals surface area contributed by atoms with Gasteiger partial charge >= 0.3 is 0 Å². The zero-order valence-corrected chi connectivity index (χ0v) is 14.1. The molecule has 0 saturated heterocycles. The van der Waals surface area contributed by atoms with Gasteiger partial charge in [0.05, 0.1) is 0 Å². The fourth-order valence-corrected chi connectivity index (χ4v) is 2.82. The molecule has 0 aliphatic rings. The van der Waals surface area contributed by atoms with Gasteiger partial charge in [-0.1, -0.05) is 55.4 Å². The van der Waals surface area contributed by atoms with E-state index in [1.165, 1.54) is 19.3 Å². The Morgan fingerprint density at radius 2 is 1.22 bits per heavy atom. The second-order valence-electron chi connectivity index (χ2n) is 8.60. The lowest BCUT2D eigenvalue weighted by Crippen LogP contribution is -2.17. The van der Waals surface area contributed by atoms with E-state index in [0.717, 1.165) is 19.1 Å². The monoisotopic (exact) mass is 256 g/mol. The van der Waals surface area contributed by atoms with Gasteiger partial charge in [0, 0.05) is 13.2 Å². The van der Waals surface area contributed by atoms with Crippen molar-refractivity contribution in [1.82, 2.24) is 0 Å². The first-order valence-electron chi connectivity index (χ1n) is 7.57. The minimum absolute atomic E-state index is 0.419. The molecule has 2 unspecified atom stereocenters. The van der Waals surface area contributed by atoms with Gasteiger partial charge in [0.2, 0.25) is 0 Å². The molecule has 0 saturated carbocycles. The van der Waals surface area contributed by atoms with E-state index >= 15 is 0 Å². The summed E-state index contributed by atoms with van der Waals surface area (Å²) in [5, 5.41) is 0. The molecule has 0 aromatic heterocycles. The summed E-state index contributed by atoms with van der Waals surface area (Å²) in [5.41, 5.74) is 0.862. The van der Waals surface area contributed by atoms with Gasteiger partial charge < -0.3 is 4.74 Å². The molecule has 1 heteroatoms. The van der Waals surface area contributed by atoms with Gasteiger partial charge in [-0.3, -0.25) is 0 Å². The van der Waals surface area contributed by atoms with Crippen LogP contribution >= 0.6 is 0 Å². The van der Waals surface area contributed by atoms with Crippen molar-refractivity contribution in [3.8, 4) is 0 Å². The molecule has 0 spiro atoms. The summed E-state index contributed by atoms with van der Waals surface area (Å²) in [7, 11) is 0. The molecule has 0 bridgehead atoms. The molecule has 110 valence electrons. The predicted octanol–water partition coefficient (Wildman–Crippen LogP) is 5.54. The minimum atomic E-state index is 0.419. The van der Waals surface area contributed by atoms with E-state index in [-0.39, 0.29) is 0 Å². The highest BCUT2D eigenvalue weighted by atomic mass is 16.5. The van der Waals surface area contributed by atoms with Crippen LogP contribution in [0, 0.1) is 22.7 Å². The summed E-state index contributed by atoms with van der Waals surface area (Å²) < 4.78 is 5.83. The molecular formula is C17H36O. The fraction of sp³-hybridized carbons (Fsp3) is 1.00. The van der Waals surface area contributed by atoms with Crippen LogP contribution in [0.15, 0.2) is 0 Å². The molecule has 2 atom stereocenters. The molecule has 0 aromatic rings. The highest BCUT2D eigenvalue weighted by Gasteiger charge is 2.16. The zero-order chi connectivity index (χ0) is 14.4. The molecule has 0 aromatic carbocycles. The normalized spacial score (nSPS) is 16.7. The zero-order valence-electron chi connectivity index (χ0n) is 14.1. The summed E-state index contributed by atoms with van der Waals surface area (Å²) in [4.78, 5) is 0. The Bertz CT molecular complexity index is 183. The summed E-state index contributed by atoms with van der Waals surface area (Å²) in [5.74, 6) is 1.44. The topological polar surface area (TPSA) is 9.23 Å². The first-order chi connectivity index (χ1) is 7.99. The lowest BCUT2D eigenvalue weighted by molar-refractivity contribution is 0.0774. The van der Waals surface area contributed by atoms with Crippen LogP contribution in [-0.4, -0.2) is 13.2 Å². The first-order valence-corrected chi connectivity index (χ1v) is 7.57. The average molecular weight is 256 g/mol. The number of rotatable bonds is 7. The Labute approximate surface area is 116 Å². The molecule has 0 heterocycles. The molecule has 0 N–H and O–H groups in total. The molecule has 1 nitrogen and oxygen atoms in total. The number of ether oxygens (including phenoxy) is 1. The largest absolute Gasteiger partial charge is 0.381 e. The molecule has 0 rings (SSSR count). The number of hydrogen-bond acceptors (Lipinski definition) is 1. The van der Waals surface area contributed by atoms with E-state index in [2.05, 4.69) is 55.4 Å². The van der Waals surface area contributed by atoms with Crippen LogP contribution in [0.5, 0.6) is 0 Å². The summed E-state index contributed by atoms with van der Waals surface area (Å²) in [6, 6.07) is 0. The van der Waals surface area contributed by atoms with Gasteiger partial charge in [-0.25, -0.2) is 0 Å². The van der Waals surface area contributed by atoms with Crippen LogP contribution in [0.2, 0.25) is 0 Å². The maximum Gasteiger partial charge on any atom is 0.0491 e. The third-order valence-electron chi connectivity index (χ3n) is 3.08. The summed E-state index contributed by atoms with van der Waals surface area (Å²) >= 11 is 0. The van der Waals surface area contributed by atoms with Gasteiger partial charge in [0.25, 0.3) is 0 Å². The maximum absolute atomic E-state index is 5.83. The first kappa shape index (κ1) is 18.0. The van der Waals surface area contributed by atoms with Gasteiger partial charge in [-0.05, 0) is 41.9 Å². The number of hydrogen-bond donors (Lipinski definition) is 0. The molecule has 0 aliphatic carbocycles. The van der Waals surface area contributed by atoms with Crippen molar-refractivity contribution >= 4 is 0 Å². The second-order valence-corrected chi connectivity index (χ2v) is 8.60. The van der Waals surface area contributed by atoms with Crippen LogP contribution in [-0.2, 0) is 4.74 Å². The van der Waals surface area contributed by atoms with E-state index in [9.17, 15) is 0 Å². The minimum Gasteiger partial charge on any atom is -0.381 e. The van der Waals surface area contributed by atoms with Crippen molar-refractivity contribution in [2.24, 2.45) is 22.7 Å². The molecule has 0 amide bonds. The highest BCUT2D eigenvalue weighted by molar-refractivity contribution is 4.67. The lowest BCUT2D eigenvalue weighted by Gasteiger charge is -2.24. The van der Waals surface area contributed by atoms with Crippen molar-refractivity contribution in [3.63, 3.8) is 0 Å². The summed E-state index contributed by atoms with van der Waals surface area (Å²) in [6.07, 6.45) is 3.72. The van der Waals surface area contributed by atoms with E-state index in [1.807, 2.05) is 0 Å². The molecule has 18 heavy (non-hydrogen) atoms. The van der Waals surface area contributed by atoms with Crippen LogP contribution in [0.1, 0.15) is 74.7 Å². The Hall–Kier alpha value is -0.0400. The van der Waals surface area contributed by atoms with E-state index in [4.69, 9.17) is 4.74 Å². The molecule has 0 radical (unpaired) electrons. The quantitative estimate of drug-likeness (QED) is 0.544. The molecule has 0 aliphatic heterocycles. The van der Waals surface area contributed by atoms with Gasteiger partial charge in [-0.2, -0.15) is 0 Å². The average Bonchev–Trinajstić information content (AvgIpc) is 2.06. The van der Waals surface area contributed by atoms with Crippen LogP contribution < -0.4 is 0 Å². The third kappa shape index (κ3) is 12.4. The smallest absolute Gasteiger partial charge is 0.0491 e. The molecular weight excluding hydrogens is 220 g/mol. The van der Waals surface area contributed by atoms with Gasteiger partial charge in [0.15, 0.2) is 0 Å². The Morgan fingerprint density at radius 3 is 1.67 bits per heavy atom. The van der Waals surface area contributed by atoms with Crippen molar-refractivity contribution in [3.05, 3.63) is 0 Å². The van der Waals surface area contributed by atoms with Crippen molar-refractivity contribution in [1.29, 1.82) is 0 Å². The van der Waals surface area contributed by atoms with Crippen molar-refractivity contribution in [2.45, 2.75) is 74.7 Å². The van der Waals surface area contributed by atoms with Crippen LogP contribution in [0.25, 0.3) is 0 Å². The van der Waals surface area contributed by atoms with Crippen LogP contribution in [0.4, 0.5) is 0 Å². The van der Waals surface area contributed by atoms with E-state index in [1.54, 1.807) is 0 Å². The Kier molecular flexibility index (Phi) is 7.51. The SMILES string of the molecule is CC(CCOCC(C)CC(C)(C)C)CC(C)(C)C. The van der Waals surface area contributed by atoms with Gasteiger partial charge in [-0.15, -0.1) is 0 Å². The second kappa shape index (κ2) is 7.53. The van der Waals surface area contributed by atoms with Crippen molar-refractivity contribution < 1.29 is 4.74 Å². The highest BCUT2D eigenvalue weighted by Crippen LogP contribution is 2.26. The maximum atomic E-state index is 5.83. The standard InChI is InChI=1S/C17H36O/c1-14(11-16(3,4)5)9-10-18-13-15(2)12-17(6,7)8/h14-15H,9-13H2,1-8H3.